The van der Waals surface area contributed by atoms with Gasteiger partial charge >= 0.3 is 5.97 Å². The number of carbonyl (C=O) groups is 1. The van der Waals surface area contributed by atoms with E-state index >= 15 is 0 Å². The Bertz CT molecular complexity index is 432. The van der Waals surface area contributed by atoms with Crippen molar-refractivity contribution in [2.75, 3.05) is 20.3 Å². The number of aliphatic carboxylic acids is 1. The van der Waals surface area contributed by atoms with Gasteiger partial charge in [-0.1, -0.05) is 0 Å². The number of ether oxygens (including phenoxy) is 1. The third kappa shape index (κ3) is 2.39. The van der Waals surface area contributed by atoms with Gasteiger partial charge in [0, 0.05) is 30.9 Å². The van der Waals surface area contributed by atoms with E-state index in [0.29, 0.717) is 13.2 Å². The van der Waals surface area contributed by atoms with Crippen LogP contribution in [-0.2, 0) is 16.6 Å². The Labute approximate surface area is 106 Å². The van der Waals surface area contributed by atoms with Crippen LogP contribution in [0.4, 0.5) is 0 Å². The average Bonchev–Trinajstić information content (AvgIpc) is 2.95. The van der Waals surface area contributed by atoms with Gasteiger partial charge in [0.1, 0.15) is 0 Å². The maximum atomic E-state index is 11.2. The number of rotatable bonds is 4. The fourth-order valence-electron chi connectivity index (χ4n) is 2.36. The number of aromatic nitrogens is 2. The highest BCUT2D eigenvalue weighted by atomic mass is 16.5. The fourth-order valence-corrected chi connectivity index (χ4v) is 2.36. The summed E-state index contributed by atoms with van der Waals surface area (Å²) in [5, 5.41) is 13.3. The lowest BCUT2D eigenvalue weighted by atomic mass is 10.00. The van der Waals surface area contributed by atoms with E-state index in [0.717, 1.165) is 5.56 Å². The third-order valence-corrected chi connectivity index (χ3v) is 3.71. The highest BCUT2D eigenvalue weighted by Gasteiger charge is 2.38. The average molecular weight is 253 g/mol. The summed E-state index contributed by atoms with van der Waals surface area (Å²) >= 11 is 0. The van der Waals surface area contributed by atoms with Crippen LogP contribution < -0.4 is 0 Å². The summed E-state index contributed by atoms with van der Waals surface area (Å²) < 4.78 is 7.05. The number of aryl methyl sites for hydroxylation is 1. The lowest BCUT2D eigenvalue weighted by Gasteiger charge is -2.31. The largest absolute Gasteiger partial charge is 0.481 e. The molecule has 1 aliphatic heterocycles. The van der Waals surface area contributed by atoms with E-state index in [4.69, 9.17) is 9.84 Å². The van der Waals surface area contributed by atoms with Crippen LogP contribution in [0.25, 0.3) is 0 Å². The first-order valence-electron chi connectivity index (χ1n) is 6.01. The van der Waals surface area contributed by atoms with Crippen molar-refractivity contribution in [1.82, 2.24) is 14.7 Å². The van der Waals surface area contributed by atoms with Crippen LogP contribution in [0.2, 0.25) is 0 Å². The van der Waals surface area contributed by atoms with Crippen LogP contribution in [-0.4, -0.2) is 52.1 Å². The molecule has 1 aromatic heterocycles. The minimum absolute atomic E-state index is 0.0855. The molecule has 2 rings (SSSR count). The molecule has 1 fully saturated rings. The molecule has 2 heterocycles. The van der Waals surface area contributed by atoms with Gasteiger partial charge in [0.25, 0.3) is 0 Å². The molecule has 0 spiro atoms. The Hall–Kier alpha value is -1.40. The van der Waals surface area contributed by atoms with E-state index in [2.05, 4.69) is 10.00 Å². The first-order chi connectivity index (χ1) is 8.50. The van der Waals surface area contributed by atoms with Crippen molar-refractivity contribution >= 4 is 5.97 Å². The van der Waals surface area contributed by atoms with E-state index < -0.39 is 11.9 Å². The molecule has 1 N–H and O–H groups in total. The van der Waals surface area contributed by atoms with Gasteiger partial charge in [-0.05, 0) is 14.0 Å². The Kier molecular flexibility index (Phi) is 3.68. The number of hydrogen-bond donors (Lipinski definition) is 1. The van der Waals surface area contributed by atoms with Crippen LogP contribution in [0.3, 0.4) is 0 Å². The topological polar surface area (TPSA) is 67.6 Å². The predicted octanol–water partition coefficient (Wildman–Crippen LogP) is 0.512. The van der Waals surface area contributed by atoms with Crippen LogP contribution in [0, 0.1) is 5.92 Å². The molecule has 100 valence electrons. The van der Waals surface area contributed by atoms with Gasteiger partial charge in [-0.3, -0.25) is 14.4 Å². The van der Waals surface area contributed by atoms with Gasteiger partial charge in [0.15, 0.2) is 0 Å². The zero-order valence-electron chi connectivity index (χ0n) is 10.9. The second-order valence-corrected chi connectivity index (χ2v) is 4.84. The molecule has 0 bridgehead atoms. The van der Waals surface area contributed by atoms with Gasteiger partial charge < -0.3 is 9.84 Å². The summed E-state index contributed by atoms with van der Waals surface area (Å²) in [4.78, 5) is 13.2. The Morgan fingerprint density at radius 3 is 2.94 bits per heavy atom. The summed E-state index contributed by atoms with van der Waals surface area (Å²) in [6, 6.07) is 0.0324. The first kappa shape index (κ1) is 13.0. The SMILES string of the molecule is CC(c1cnn(C)c1)N(C)C1COCC1C(=O)O. The van der Waals surface area contributed by atoms with E-state index in [1.54, 1.807) is 4.68 Å². The van der Waals surface area contributed by atoms with Crippen molar-refractivity contribution in [3.05, 3.63) is 18.0 Å². The molecule has 1 aromatic rings. The highest BCUT2D eigenvalue weighted by Crippen LogP contribution is 2.27. The maximum Gasteiger partial charge on any atom is 0.310 e. The zero-order chi connectivity index (χ0) is 13.3. The molecule has 0 radical (unpaired) electrons. The van der Waals surface area contributed by atoms with E-state index in [9.17, 15) is 4.79 Å². The Balaban J connectivity index is 2.10. The molecule has 0 aromatic carbocycles. The van der Waals surface area contributed by atoms with Crippen LogP contribution in [0.5, 0.6) is 0 Å². The first-order valence-corrected chi connectivity index (χ1v) is 6.01. The molecule has 6 heteroatoms. The third-order valence-electron chi connectivity index (χ3n) is 3.71. The normalized spacial score (nSPS) is 25.6. The number of hydrogen-bond acceptors (Lipinski definition) is 4. The van der Waals surface area contributed by atoms with Crippen molar-refractivity contribution in [3.8, 4) is 0 Å². The lowest BCUT2D eigenvalue weighted by Crippen LogP contribution is -2.41. The second-order valence-electron chi connectivity index (χ2n) is 4.84. The maximum absolute atomic E-state index is 11.2. The van der Waals surface area contributed by atoms with Gasteiger partial charge in [-0.25, -0.2) is 0 Å². The molecule has 18 heavy (non-hydrogen) atoms. The van der Waals surface area contributed by atoms with Crippen molar-refractivity contribution < 1.29 is 14.6 Å². The Morgan fingerprint density at radius 1 is 1.67 bits per heavy atom. The second kappa shape index (κ2) is 5.07. The molecule has 0 amide bonds. The van der Waals surface area contributed by atoms with E-state index in [-0.39, 0.29) is 12.1 Å². The quantitative estimate of drug-likeness (QED) is 0.847. The summed E-state index contributed by atoms with van der Waals surface area (Å²) in [6.07, 6.45) is 3.76. The molecule has 3 atom stereocenters. The van der Waals surface area contributed by atoms with E-state index in [1.165, 1.54) is 0 Å². The summed E-state index contributed by atoms with van der Waals surface area (Å²) in [7, 11) is 3.81. The van der Waals surface area contributed by atoms with Crippen molar-refractivity contribution in [3.63, 3.8) is 0 Å². The van der Waals surface area contributed by atoms with Gasteiger partial charge in [0.05, 0.1) is 25.3 Å². The van der Waals surface area contributed by atoms with Crippen LogP contribution in [0.1, 0.15) is 18.5 Å². The van der Waals surface area contributed by atoms with Crippen molar-refractivity contribution in [2.24, 2.45) is 13.0 Å². The standard InChI is InChI=1S/C12H19N3O3/c1-8(9-4-13-14(2)5-9)15(3)11-7-18-6-10(11)12(16)17/h4-5,8,10-11H,6-7H2,1-3H3,(H,16,17). The number of carboxylic acids is 1. The number of nitrogens with zero attached hydrogens (tertiary/aromatic N) is 3. The molecular formula is C12H19N3O3. The monoisotopic (exact) mass is 253 g/mol. The predicted molar refractivity (Wildman–Crippen MR) is 65.1 cm³/mol. The molecule has 0 aliphatic carbocycles. The fraction of sp³-hybridized carbons (Fsp3) is 0.667. The van der Waals surface area contributed by atoms with Gasteiger partial charge in [-0.2, -0.15) is 5.10 Å². The van der Waals surface area contributed by atoms with Crippen molar-refractivity contribution in [2.45, 2.75) is 19.0 Å². The number of carboxylic acid groups (broad SMARTS) is 1. The van der Waals surface area contributed by atoms with Gasteiger partial charge in [-0.15, -0.1) is 0 Å². The molecule has 1 saturated heterocycles. The minimum Gasteiger partial charge on any atom is -0.481 e. The van der Waals surface area contributed by atoms with Crippen LogP contribution >= 0.6 is 0 Å². The molecule has 6 nitrogen and oxygen atoms in total. The molecule has 1 aliphatic rings. The van der Waals surface area contributed by atoms with Gasteiger partial charge in [0.2, 0.25) is 0 Å². The molecular weight excluding hydrogens is 234 g/mol. The van der Waals surface area contributed by atoms with E-state index in [1.807, 2.05) is 33.4 Å². The smallest absolute Gasteiger partial charge is 0.310 e. The van der Waals surface area contributed by atoms with Crippen LogP contribution in [0.15, 0.2) is 12.4 Å². The zero-order valence-corrected chi connectivity index (χ0v) is 10.9. The minimum atomic E-state index is -0.789. The highest BCUT2D eigenvalue weighted by molar-refractivity contribution is 5.71. The summed E-state index contributed by atoms with van der Waals surface area (Å²) in [6.45, 7) is 2.82. The van der Waals surface area contributed by atoms with Crippen molar-refractivity contribution in [1.29, 1.82) is 0 Å². The summed E-state index contributed by atoms with van der Waals surface area (Å²) in [5.74, 6) is -1.24. The summed E-state index contributed by atoms with van der Waals surface area (Å²) in [5.41, 5.74) is 1.08. The lowest BCUT2D eigenvalue weighted by molar-refractivity contribution is -0.143. The molecule has 0 saturated carbocycles. The molecule has 3 unspecified atom stereocenters. The number of likely N-dealkylation sites (N-methyl/N-ethyl adjacent to an activating group) is 1. The Morgan fingerprint density at radius 2 is 2.39 bits per heavy atom.